The molecule has 35 heavy (non-hydrogen) atoms. The van der Waals surface area contributed by atoms with Crippen LogP contribution < -0.4 is 15.4 Å². The fourth-order valence-electron chi connectivity index (χ4n) is 3.50. The van der Waals surface area contributed by atoms with E-state index in [0.29, 0.717) is 18.0 Å². The standard InChI is InChI=1S/C25H28N6O4/c1-5-17-7-9-18(10-8-17)34-15-19-11-12-22(35-19)24(32)29-21-14-27-31(6-2)23(21)25(33)28-20-13-26-30(4)16(20)3/h7-14H,5-6,15H2,1-4H3,(H,28,33)(H,29,32). The molecule has 0 aliphatic heterocycles. The highest BCUT2D eigenvalue weighted by molar-refractivity contribution is 6.11. The van der Waals surface area contributed by atoms with Crippen LogP contribution in [0.2, 0.25) is 0 Å². The zero-order valence-electron chi connectivity index (χ0n) is 20.2. The van der Waals surface area contributed by atoms with Crippen LogP contribution in [0.3, 0.4) is 0 Å². The first kappa shape index (κ1) is 23.8. The number of hydrogen-bond acceptors (Lipinski definition) is 6. The van der Waals surface area contributed by atoms with E-state index >= 15 is 0 Å². The van der Waals surface area contributed by atoms with Gasteiger partial charge in [0.15, 0.2) is 5.76 Å². The molecule has 4 rings (SSSR count). The number of carbonyl (C=O) groups is 2. The van der Waals surface area contributed by atoms with Crippen molar-refractivity contribution >= 4 is 23.2 Å². The van der Waals surface area contributed by atoms with Crippen LogP contribution in [0.25, 0.3) is 0 Å². The van der Waals surface area contributed by atoms with Crippen molar-refractivity contribution in [1.29, 1.82) is 0 Å². The third-order valence-electron chi connectivity index (χ3n) is 5.68. The normalized spacial score (nSPS) is 10.9. The molecule has 0 saturated heterocycles. The highest BCUT2D eigenvalue weighted by Gasteiger charge is 2.22. The second kappa shape index (κ2) is 10.3. The molecule has 0 aliphatic rings. The maximum Gasteiger partial charge on any atom is 0.291 e. The summed E-state index contributed by atoms with van der Waals surface area (Å²) in [4.78, 5) is 25.9. The van der Waals surface area contributed by atoms with Crippen molar-refractivity contribution in [3.63, 3.8) is 0 Å². The van der Waals surface area contributed by atoms with Crippen LogP contribution in [0.4, 0.5) is 11.4 Å². The molecule has 4 aromatic rings. The second-order valence-electron chi connectivity index (χ2n) is 7.95. The van der Waals surface area contributed by atoms with Crippen molar-refractivity contribution in [3.05, 3.63) is 77.3 Å². The van der Waals surface area contributed by atoms with Crippen molar-refractivity contribution in [2.45, 2.75) is 40.3 Å². The Kier molecular flexibility index (Phi) is 7.00. The van der Waals surface area contributed by atoms with Crippen molar-refractivity contribution in [2.24, 2.45) is 7.05 Å². The molecule has 182 valence electrons. The molecule has 3 aromatic heterocycles. The maximum absolute atomic E-state index is 13.0. The number of carbonyl (C=O) groups excluding carboxylic acids is 2. The van der Waals surface area contributed by atoms with E-state index in [-0.39, 0.29) is 23.7 Å². The maximum atomic E-state index is 13.0. The predicted octanol–water partition coefficient (Wildman–Crippen LogP) is 4.18. The quantitative estimate of drug-likeness (QED) is 0.374. The monoisotopic (exact) mass is 476 g/mol. The molecule has 2 N–H and O–H groups in total. The van der Waals surface area contributed by atoms with Crippen molar-refractivity contribution in [2.75, 3.05) is 10.6 Å². The molecule has 10 heteroatoms. The summed E-state index contributed by atoms with van der Waals surface area (Å²) in [5.41, 5.74) is 3.12. The first-order valence-corrected chi connectivity index (χ1v) is 11.4. The van der Waals surface area contributed by atoms with Gasteiger partial charge >= 0.3 is 0 Å². The lowest BCUT2D eigenvalue weighted by molar-refractivity contribution is 0.0992. The Balaban J connectivity index is 1.43. The van der Waals surface area contributed by atoms with Gasteiger partial charge in [0.05, 0.1) is 29.5 Å². The number of amides is 2. The third-order valence-corrected chi connectivity index (χ3v) is 5.68. The summed E-state index contributed by atoms with van der Waals surface area (Å²) in [5, 5.41) is 13.9. The van der Waals surface area contributed by atoms with Crippen molar-refractivity contribution in [3.8, 4) is 5.75 Å². The number of hydrogen-bond donors (Lipinski definition) is 2. The molecule has 0 spiro atoms. The van der Waals surface area contributed by atoms with Crippen molar-refractivity contribution < 1.29 is 18.7 Å². The molecule has 10 nitrogen and oxygen atoms in total. The minimum atomic E-state index is -0.495. The van der Waals surface area contributed by atoms with Gasteiger partial charge in [0.1, 0.15) is 23.8 Å². The van der Waals surface area contributed by atoms with Gasteiger partial charge < -0.3 is 19.8 Å². The summed E-state index contributed by atoms with van der Waals surface area (Å²) in [6.45, 7) is 6.44. The van der Waals surface area contributed by atoms with Crippen LogP contribution in [0.15, 0.2) is 53.2 Å². The summed E-state index contributed by atoms with van der Waals surface area (Å²) in [5.74, 6) is 0.424. The van der Waals surface area contributed by atoms with Crippen LogP contribution in [-0.2, 0) is 26.6 Å². The molecule has 3 heterocycles. The first-order chi connectivity index (χ1) is 16.9. The summed E-state index contributed by atoms with van der Waals surface area (Å²) in [7, 11) is 1.79. The Hall–Kier alpha value is -4.34. The lowest BCUT2D eigenvalue weighted by Crippen LogP contribution is -2.21. The summed E-state index contributed by atoms with van der Waals surface area (Å²) < 4.78 is 14.6. The van der Waals surface area contributed by atoms with Gasteiger partial charge in [-0.05, 0) is 50.1 Å². The van der Waals surface area contributed by atoms with Crippen LogP contribution in [0.5, 0.6) is 5.75 Å². The number of ether oxygens (including phenoxy) is 1. The van der Waals surface area contributed by atoms with Crippen LogP contribution >= 0.6 is 0 Å². The molecule has 0 radical (unpaired) electrons. The molecule has 2 amide bonds. The number of anilines is 2. The first-order valence-electron chi connectivity index (χ1n) is 11.4. The fraction of sp³-hybridized carbons (Fsp3) is 0.280. The van der Waals surface area contributed by atoms with Gasteiger partial charge in [-0.3, -0.25) is 19.0 Å². The molecule has 0 atom stereocenters. The lowest BCUT2D eigenvalue weighted by Gasteiger charge is -2.09. The zero-order valence-corrected chi connectivity index (χ0v) is 20.2. The van der Waals surface area contributed by atoms with Crippen molar-refractivity contribution in [1.82, 2.24) is 19.6 Å². The van der Waals surface area contributed by atoms with Crippen LogP contribution in [0, 0.1) is 6.92 Å². The second-order valence-corrected chi connectivity index (χ2v) is 7.95. The number of rotatable bonds is 9. The van der Waals surface area contributed by atoms with E-state index in [0.717, 1.165) is 17.9 Å². The number of furan rings is 1. The van der Waals surface area contributed by atoms with Gasteiger partial charge in [0.2, 0.25) is 0 Å². The van der Waals surface area contributed by atoms with Gasteiger partial charge in [0, 0.05) is 13.6 Å². The SMILES string of the molecule is CCc1ccc(OCc2ccc(C(=O)Nc3cnn(CC)c3C(=O)Nc3cnn(C)c3C)o2)cc1. The van der Waals surface area contributed by atoms with E-state index in [1.165, 1.54) is 16.4 Å². The Morgan fingerprint density at radius 2 is 1.69 bits per heavy atom. The molecular weight excluding hydrogens is 448 g/mol. The average molecular weight is 477 g/mol. The molecule has 0 saturated carbocycles. The van der Waals surface area contributed by atoms with Gasteiger partial charge in [-0.25, -0.2) is 0 Å². The number of benzene rings is 1. The topological polar surface area (TPSA) is 116 Å². The molecule has 0 bridgehead atoms. The molecule has 0 fully saturated rings. The highest BCUT2D eigenvalue weighted by Crippen LogP contribution is 2.21. The van der Waals surface area contributed by atoms with E-state index in [4.69, 9.17) is 9.15 Å². The number of nitrogens with zero attached hydrogens (tertiary/aromatic N) is 4. The molecular formula is C25H28N6O4. The smallest absolute Gasteiger partial charge is 0.291 e. The van der Waals surface area contributed by atoms with Gasteiger partial charge in [-0.2, -0.15) is 10.2 Å². The van der Waals surface area contributed by atoms with Crippen LogP contribution in [0.1, 0.15) is 51.9 Å². The van der Waals surface area contributed by atoms with E-state index in [9.17, 15) is 9.59 Å². The molecule has 0 aliphatic carbocycles. The average Bonchev–Trinajstić information content (AvgIpc) is 3.58. The van der Waals surface area contributed by atoms with Gasteiger partial charge in [0.25, 0.3) is 11.8 Å². The molecule has 1 aromatic carbocycles. The number of nitrogens with one attached hydrogen (secondary N) is 2. The van der Waals surface area contributed by atoms with Crippen LogP contribution in [-0.4, -0.2) is 31.4 Å². The largest absolute Gasteiger partial charge is 0.486 e. The number of aryl methyl sites for hydroxylation is 3. The minimum Gasteiger partial charge on any atom is -0.486 e. The zero-order chi connectivity index (χ0) is 24.9. The van der Waals surface area contributed by atoms with Gasteiger partial charge in [-0.1, -0.05) is 19.1 Å². The summed E-state index contributed by atoms with van der Waals surface area (Å²) in [6.07, 6.45) is 3.97. The number of aromatic nitrogens is 4. The minimum absolute atomic E-state index is 0.101. The molecule has 0 unspecified atom stereocenters. The third kappa shape index (κ3) is 5.26. The summed E-state index contributed by atoms with van der Waals surface area (Å²) >= 11 is 0. The lowest BCUT2D eigenvalue weighted by atomic mass is 10.2. The summed E-state index contributed by atoms with van der Waals surface area (Å²) in [6, 6.07) is 11.1. The Labute approximate surface area is 202 Å². The van der Waals surface area contributed by atoms with E-state index in [1.54, 1.807) is 30.1 Å². The van der Waals surface area contributed by atoms with E-state index < -0.39 is 11.8 Å². The van der Waals surface area contributed by atoms with Gasteiger partial charge in [-0.15, -0.1) is 0 Å². The Morgan fingerprint density at radius 1 is 0.971 bits per heavy atom. The highest BCUT2D eigenvalue weighted by atomic mass is 16.5. The van der Waals surface area contributed by atoms with E-state index in [2.05, 4.69) is 27.8 Å². The Morgan fingerprint density at radius 3 is 2.34 bits per heavy atom. The van der Waals surface area contributed by atoms with E-state index in [1.807, 2.05) is 38.1 Å². The predicted molar refractivity (Wildman–Crippen MR) is 131 cm³/mol. The Bertz CT molecular complexity index is 1330. The fourth-order valence-corrected chi connectivity index (χ4v) is 3.50.